The zero-order chi connectivity index (χ0) is 15.7. The molecular formula is C17H31IN4. The van der Waals surface area contributed by atoms with Crippen LogP contribution in [0.5, 0.6) is 0 Å². The maximum Gasteiger partial charge on any atom is 0.188 e. The summed E-state index contributed by atoms with van der Waals surface area (Å²) in [6, 6.07) is 8.59. The first-order chi connectivity index (χ1) is 10.0. The van der Waals surface area contributed by atoms with Gasteiger partial charge in [0.25, 0.3) is 0 Å². The highest BCUT2D eigenvalue weighted by molar-refractivity contribution is 14.0. The summed E-state index contributed by atoms with van der Waals surface area (Å²) in [6.45, 7) is 13.3. The summed E-state index contributed by atoms with van der Waals surface area (Å²) >= 11 is 0. The number of nitrogens with one attached hydrogen (secondary N) is 1. The quantitative estimate of drug-likeness (QED) is 0.387. The van der Waals surface area contributed by atoms with Crippen LogP contribution in [0.4, 0.5) is 0 Å². The lowest BCUT2D eigenvalue weighted by molar-refractivity contribution is 0.296. The van der Waals surface area contributed by atoms with Crippen LogP contribution < -0.4 is 11.1 Å². The SMILES string of the molecule is CCN(CC)Cc1cccc(CN=C(N)NCC(C)C)c1.I. The number of nitrogens with two attached hydrogens (primary N) is 1. The standard InChI is InChI=1S/C17H30N4.HI/c1-5-21(6-2)13-16-9-7-8-15(10-16)12-20-17(18)19-11-14(3)4;/h7-10,14H,5-6,11-13H2,1-4H3,(H3,18,19,20);1H. The third kappa shape index (κ3) is 8.58. The number of guanidine groups is 1. The lowest BCUT2D eigenvalue weighted by atomic mass is 10.1. The second-order valence-corrected chi connectivity index (χ2v) is 5.76. The minimum absolute atomic E-state index is 0. The highest BCUT2D eigenvalue weighted by atomic mass is 127. The Morgan fingerprint density at radius 1 is 1.23 bits per heavy atom. The number of rotatable bonds is 8. The molecule has 0 bridgehead atoms. The van der Waals surface area contributed by atoms with Crippen molar-refractivity contribution in [3.8, 4) is 0 Å². The Bertz CT molecular complexity index is 442. The van der Waals surface area contributed by atoms with Crippen LogP contribution in [0.3, 0.4) is 0 Å². The number of nitrogens with zero attached hydrogens (tertiary/aromatic N) is 2. The fourth-order valence-corrected chi connectivity index (χ4v) is 2.07. The molecule has 0 radical (unpaired) electrons. The number of halogens is 1. The van der Waals surface area contributed by atoms with Gasteiger partial charge in [0.2, 0.25) is 0 Å². The molecule has 4 nitrogen and oxygen atoms in total. The summed E-state index contributed by atoms with van der Waals surface area (Å²) in [5, 5.41) is 3.14. The van der Waals surface area contributed by atoms with Crippen LogP contribution in [0.2, 0.25) is 0 Å². The Balaban J connectivity index is 0.00000441. The largest absolute Gasteiger partial charge is 0.370 e. The van der Waals surface area contributed by atoms with E-state index < -0.39 is 0 Å². The van der Waals surface area contributed by atoms with Gasteiger partial charge in [-0.2, -0.15) is 0 Å². The maximum atomic E-state index is 5.86. The predicted octanol–water partition coefficient (Wildman–Crippen LogP) is 3.21. The minimum Gasteiger partial charge on any atom is -0.370 e. The molecule has 0 unspecified atom stereocenters. The third-order valence-electron chi connectivity index (χ3n) is 3.42. The van der Waals surface area contributed by atoms with E-state index >= 15 is 0 Å². The molecule has 1 aromatic carbocycles. The van der Waals surface area contributed by atoms with Gasteiger partial charge in [-0.3, -0.25) is 4.90 Å². The lowest BCUT2D eigenvalue weighted by Gasteiger charge is -2.18. The molecule has 0 aliphatic heterocycles. The van der Waals surface area contributed by atoms with Crippen LogP contribution in [0.15, 0.2) is 29.3 Å². The third-order valence-corrected chi connectivity index (χ3v) is 3.42. The van der Waals surface area contributed by atoms with Gasteiger partial charge in [0, 0.05) is 13.1 Å². The van der Waals surface area contributed by atoms with E-state index in [2.05, 4.69) is 67.2 Å². The van der Waals surface area contributed by atoms with E-state index in [9.17, 15) is 0 Å². The molecule has 22 heavy (non-hydrogen) atoms. The van der Waals surface area contributed by atoms with Crippen LogP contribution in [0.25, 0.3) is 0 Å². The van der Waals surface area contributed by atoms with Gasteiger partial charge in [-0.05, 0) is 30.1 Å². The fourth-order valence-electron chi connectivity index (χ4n) is 2.07. The molecule has 0 saturated heterocycles. The number of aliphatic imine (C=N–C) groups is 1. The molecule has 126 valence electrons. The van der Waals surface area contributed by atoms with E-state index in [0.717, 1.165) is 26.2 Å². The average Bonchev–Trinajstić information content (AvgIpc) is 2.49. The summed E-state index contributed by atoms with van der Waals surface area (Å²) < 4.78 is 0. The van der Waals surface area contributed by atoms with Crippen molar-refractivity contribution >= 4 is 29.9 Å². The molecule has 5 heteroatoms. The molecule has 0 heterocycles. The molecule has 0 aliphatic rings. The zero-order valence-electron chi connectivity index (χ0n) is 14.3. The van der Waals surface area contributed by atoms with Gasteiger partial charge < -0.3 is 11.1 Å². The van der Waals surface area contributed by atoms with Crippen molar-refractivity contribution in [2.24, 2.45) is 16.6 Å². The lowest BCUT2D eigenvalue weighted by Crippen LogP contribution is -2.34. The molecule has 1 rings (SSSR count). The molecule has 0 aromatic heterocycles. The van der Waals surface area contributed by atoms with Crippen LogP contribution in [-0.4, -0.2) is 30.5 Å². The highest BCUT2D eigenvalue weighted by Crippen LogP contribution is 2.09. The van der Waals surface area contributed by atoms with Crippen LogP contribution >= 0.6 is 24.0 Å². The number of benzene rings is 1. The zero-order valence-corrected chi connectivity index (χ0v) is 16.6. The summed E-state index contributed by atoms with van der Waals surface area (Å²) in [5.74, 6) is 1.09. The molecule has 0 spiro atoms. The molecule has 0 aliphatic carbocycles. The minimum atomic E-state index is 0. The first kappa shape index (κ1) is 21.2. The Morgan fingerprint density at radius 3 is 2.45 bits per heavy atom. The van der Waals surface area contributed by atoms with E-state index in [1.165, 1.54) is 11.1 Å². The summed E-state index contributed by atoms with van der Waals surface area (Å²) in [4.78, 5) is 6.80. The van der Waals surface area contributed by atoms with Crippen LogP contribution in [0, 0.1) is 5.92 Å². The molecule has 0 saturated carbocycles. The molecule has 0 fully saturated rings. The first-order valence-electron chi connectivity index (χ1n) is 7.89. The second-order valence-electron chi connectivity index (χ2n) is 5.76. The van der Waals surface area contributed by atoms with Crippen molar-refractivity contribution < 1.29 is 0 Å². The van der Waals surface area contributed by atoms with E-state index in [-0.39, 0.29) is 24.0 Å². The number of hydrogen-bond donors (Lipinski definition) is 2. The van der Waals surface area contributed by atoms with E-state index in [0.29, 0.717) is 18.4 Å². The monoisotopic (exact) mass is 418 g/mol. The summed E-state index contributed by atoms with van der Waals surface area (Å²) in [6.07, 6.45) is 0. The van der Waals surface area contributed by atoms with Crippen molar-refractivity contribution in [1.29, 1.82) is 0 Å². The van der Waals surface area contributed by atoms with E-state index in [1.807, 2.05) is 0 Å². The van der Waals surface area contributed by atoms with Crippen molar-refractivity contribution in [3.63, 3.8) is 0 Å². The van der Waals surface area contributed by atoms with Crippen LogP contribution in [-0.2, 0) is 13.1 Å². The second kappa shape index (κ2) is 11.7. The van der Waals surface area contributed by atoms with Crippen LogP contribution in [0.1, 0.15) is 38.8 Å². The predicted molar refractivity (Wildman–Crippen MR) is 107 cm³/mol. The fraction of sp³-hybridized carbons (Fsp3) is 0.588. The van der Waals surface area contributed by atoms with E-state index in [4.69, 9.17) is 5.73 Å². The Labute approximate surface area is 152 Å². The van der Waals surface area contributed by atoms with Gasteiger partial charge >= 0.3 is 0 Å². The van der Waals surface area contributed by atoms with Gasteiger partial charge in [0.05, 0.1) is 6.54 Å². The Kier molecular flexibility index (Phi) is 11.3. The van der Waals surface area contributed by atoms with E-state index in [1.54, 1.807) is 0 Å². The molecule has 0 amide bonds. The molecule has 3 N–H and O–H groups in total. The van der Waals surface area contributed by atoms with Crippen molar-refractivity contribution in [3.05, 3.63) is 35.4 Å². The first-order valence-corrected chi connectivity index (χ1v) is 7.89. The van der Waals surface area contributed by atoms with Gasteiger partial charge in [-0.1, -0.05) is 52.0 Å². The van der Waals surface area contributed by atoms with Gasteiger partial charge in [0.1, 0.15) is 0 Å². The average molecular weight is 418 g/mol. The van der Waals surface area contributed by atoms with Crippen molar-refractivity contribution in [2.75, 3.05) is 19.6 Å². The summed E-state index contributed by atoms with van der Waals surface area (Å²) in [7, 11) is 0. The molecular weight excluding hydrogens is 387 g/mol. The Hall–Kier alpha value is -0.820. The highest BCUT2D eigenvalue weighted by Gasteiger charge is 2.02. The topological polar surface area (TPSA) is 53.6 Å². The van der Waals surface area contributed by atoms with Crippen molar-refractivity contribution in [1.82, 2.24) is 10.2 Å². The van der Waals surface area contributed by atoms with Gasteiger partial charge in [-0.25, -0.2) is 4.99 Å². The van der Waals surface area contributed by atoms with Gasteiger partial charge in [-0.15, -0.1) is 24.0 Å². The van der Waals surface area contributed by atoms with Gasteiger partial charge in [0.15, 0.2) is 5.96 Å². The smallest absolute Gasteiger partial charge is 0.188 e. The Morgan fingerprint density at radius 2 is 1.86 bits per heavy atom. The summed E-state index contributed by atoms with van der Waals surface area (Å²) in [5.41, 5.74) is 8.40. The van der Waals surface area contributed by atoms with Crippen molar-refractivity contribution in [2.45, 2.75) is 40.8 Å². The molecule has 0 atom stereocenters. The molecule has 1 aromatic rings. The number of hydrogen-bond acceptors (Lipinski definition) is 2. The maximum absolute atomic E-state index is 5.86. The normalized spacial score (nSPS) is 11.6.